The van der Waals surface area contributed by atoms with E-state index in [1.165, 1.54) is 61.8 Å². The third-order valence-corrected chi connectivity index (χ3v) is 27.1. The fourth-order valence-electron chi connectivity index (χ4n) is 14.4. The van der Waals surface area contributed by atoms with Crippen molar-refractivity contribution in [2.75, 3.05) is 87.7 Å². The SMILES string of the molecule is CN1CC=C(c2cn(S(=O)(=O)c3cn(C)nc3C(F)(F)F)c3ccc(C(F)(F)F)cc23)CC1.CN1CC=C(c2cn(S(=O)(=O)c3cn(C)nc3C(F)(F)F)c3ccc(F)cc23)CC1.CN1CC=C(c2cn(S(=O)(=O)c3cn(C)nc3C(F)(F)F)c3ccccc23)CC1.COC(=O)c1ccc(S(=O)(=O)n2cc(C3=CCN(C)CC3)c3ccccc32)o1. The summed E-state index contributed by atoms with van der Waals surface area (Å²) < 4.78 is 297. The summed E-state index contributed by atoms with van der Waals surface area (Å²) in [4.78, 5) is 17.1. The fraction of sp³-hybridized carbons (Fsp3) is 0.308. The van der Waals surface area contributed by atoms with Gasteiger partial charge < -0.3 is 28.8 Å². The first kappa shape index (κ1) is 86.9. The molecule has 12 heterocycles. The van der Waals surface area contributed by atoms with Crippen molar-refractivity contribution in [3.63, 3.8) is 0 Å². The molecular formula is C78H75F13N14O11S4. The summed E-state index contributed by atoms with van der Waals surface area (Å²) in [6.07, 6.45) is -1.27. The van der Waals surface area contributed by atoms with Crippen molar-refractivity contribution in [2.45, 2.75) is 70.2 Å². The molecule has 4 aliphatic rings. The molecule has 8 aromatic heterocycles. The number of furan rings is 1. The summed E-state index contributed by atoms with van der Waals surface area (Å²) in [5, 5.41) is 11.4. The summed E-state index contributed by atoms with van der Waals surface area (Å²) in [6.45, 7) is 5.72. The molecule has 0 fully saturated rings. The van der Waals surface area contributed by atoms with Crippen LogP contribution in [0.2, 0.25) is 0 Å². The Labute approximate surface area is 678 Å². The lowest BCUT2D eigenvalue weighted by atomic mass is 9.98. The number of aryl methyl sites for hydroxylation is 3. The number of carbonyl (C=O) groups excluding carboxylic acids is 1. The molecule has 0 aliphatic carbocycles. The number of ether oxygens (including phenoxy) is 1. The van der Waals surface area contributed by atoms with Crippen molar-refractivity contribution in [2.24, 2.45) is 21.1 Å². The summed E-state index contributed by atoms with van der Waals surface area (Å²) >= 11 is 0. The van der Waals surface area contributed by atoms with E-state index in [1.807, 2.05) is 50.3 Å². The second-order valence-corrected chi connectivity index (χ2v) is 36.0. The molecule has 0 bridgehead atoms. The number of alkyl halides is 12. The van der Waals surface area contributed by atoms with Gasteiger partial charge in [-0.05, 0) is 137 Å². The van der Waals surface area contributed by atoms with Crippen LogP contribution in [0.15, 0.2) is 189 Å². The highest BCUT2D eigenvalue weighted by molar-refractivity contribution is 7.91. The highest BCUT2D eigenvalue weighted by Gasteiger charge is 2.46. The Hall–Kier alpha value is -10.9. The van der Waals surface area contributed by atoms with Crippen molar-refractivity contribution in [1.82, 2.24) is 64.8 Å². The van der Waals surface area contributed by atoms with Crippen molar-refractivity contribution in [3.05, 3.63) is 221 Å². The Morgan fingerprint density at radius 2 is 0.700 bits per heavy atom. The quantitative estimate of drug-likeness (QED) is 0.0767. The van der Waals surface area contributed by atoms with Gasteiger partial charge in [0.05, 0.1) is 34.7 Å². The van der Waals surface area contributed by atoms with E-state index in [0.29, 0.717) is 75.5 Å². The van der Waals surface area contributed by atoms with Crippen LogP contribution < -0.4 is 0 Å². The average Bonchev–Trinajstić information content (AvgIpc) is 1.59. The molecule has 0 saturated heterocycles. The summed E-state index contributed by atoms with van der Waals surface area (Å²) in [7, 11) is -5.36. The summed E-state index contributed by atoms with van der Waals surface area (Å²) in [6, 6.07) is 22.8. The second-order valence-electron chi connectivity index (χ2n) is 28.9. The molecule has 0 radical (unpaired) electrons. The van der Waals surface area contributed by atoms with Gasteiger partial charge in [-0.2, -0.15) is 76.4 Å². The average molecular weight is 1760 g/mol. The summed E-state index contributed by atoms with van der Waals surface area (Å²) in [5.41, 5.74) is 1.21. The lowest BCUT2D eigenvalue weighted by Gasteiger charge is -2.21. The monoisotopic (exact) mass is 1760 g/mol. The third-order valence-electron chi connectivity index (χ3n) is 20.5. The number of rotatable bonds is 13. The van der Waals surface area contributed by atoms with Crippen molar-refractivity contribution in [1.29, 1.82) is 0 Å². The molecule has 0 saturated carbocycles. The van der Waals surface area contributed by atoms with Gasteiger partial charge in [-0.15, -0.1) is 0 Å². The minimum Gasteiger partial charge on any atom is -0.463 e. The second kappa shape index (κ2) is 32.6. The molecule has 4 aromatic carbocycles. The van der Waals surface area contributed by atoms with Gasteiger partial charge in [0.2, 0.25) is 10.9 Å². The first-order valence-electron chi connectivity index (χ1n) is 36.5. The minimum atomic E-state index is -5.05. The predicted molar refractivity (Wildman–Crippen MR) is 418 cm³/mol. The molecule has 0 N–H and O–H groups in total. The van der Waals surface area contributed by atoms with Gasteiger partial charge in [-0.3, -0.25) is 14.0 Å². The highest BCUT2D eigenvalue weighted by Crippen LogP contribution is 2.44. The number of carbonyl (C=O) groups is 1. The molecule has 42 heteroatoms. The van der Waals surface area contributed by atoms with Gasteiger partial charge in [-0.1, -0.05) is 60.7 Å². The molecule has 0 atom stereocenters. The maximum absolute atomic E-state index is 13.9. The van der Waals surface area contributed by atoms with Crippen LogP contribution >= 0.6 is 0 Å². The van der Waals surface area contributed by atoms with Gasteiger partial charge in [0.25, 0.3) is 30.1 Å². The van der Waals surface area contributed by atoms with E-state index in [1.54, 1.807) is 48.7 Å². The Morgan fingerprint density at radius 1 is 0.383 bits per heavy atom. The standard InChI is InChI=1S/C20H18F6N4O2S.C20H20N2O5S.C19H18F4N4O2S.C19H19F3N4O2S/c1-28-7-5-12(6-8-28)15-10-30(16-4-3-13(9-14(15)16)19(21,22)23)33(31,32)17-11-29(2)27-18(17)20(24,25)26;1-21-11-9-14(10-12-21)16-13-22(17-6-4-3-5-15(16)17)28(24,25)19-8-7-18(27-19)20(23)26-2;1-25-7-5-12(6-8-25)15-10-27(16-4-3-13(20)9-14(15)16)30(28,29)17-11-26(2)24-18(17)19(21,22)23;1-24-9-7-13(8-10-24)15-11-26(16-6-4-3-5-14(15)16)29(27,28)17-12-25(2)23-18(17)19(20,21)22/h3-5,9-11H,6-8H2,1-2H3;3-9,13H,10-12H2,1-2H3;3-5,9-11H,6-8H2,1-2H3;3-7,11-12H,8-10H2,1-2H3. The van der Waals surface area contributed by atoms with Crippen molar-refractivity contribution in [3.8, 4) is 0 Å². The number of halogens is 13. The first-order chi connectivity index (χ1) is 56.2. The minimum absolute atomic E-state index is 0.0124. The molecule has 638 valence electrons. The number of hydrogen-bond acceptors (Lipinski definition) is 18. The Bertz CT molecular complexity index is 6630. The van der Waals surface area contributed by atoms with E-state index >= 15 is 0 Å². The van der Waals surface area contributed by atoms with E-state index in [4.69, 9.17) is 4.42 Å². The van der Waals surface area contributed by atoms with Crippen LogP contribution in [0.5, 0.6) is 0 Å². The zero-order valence-electron chi connectivity index (χ0n) is 64.9. The number of likely N-dealkylation sites (N-methyl/N-ethyl adjacent to an activating group) is 4. The molecule has 16 rings (SSSR count). The zero-order valence-corrected chi connectivity index (χ0v) is 68.1. The smallest absolute Gasteiger partial charge is 0.436 e. The number of nitrogens with zero attached hydrogens (tertiary/aromatic N) is 14. The van der Waals surface area contributed by atoms with Gasteiger partial charge in [-0.25, -0.2) is 50.3 Å². The van der Waals surface area contributed by atoms with Gasteiger partial charge in [0, 0.05) is 161 Å². The number of aromatic nitrogens is 10. The Morgan fingerprint density at radius 3 is 1.02 bits per heavy atom. The lowest BCUT2D eigenvalue weighted by molar-refractivity contribution is -0.144. The van der Waals surface area contributed by atoms with Crippen molar-refractivity contribution >= 4 is 112 Å². The van der Waals surface area contributed by atoms with Crippen LogP contribution in [0.25, 0.3) is 65.9 Å². The highest BCUT2D eigenvalue weighted by atomic mass is 32.2. The van der Waals surface area contributed by atoms with Gasteiger partial charge in [0.15, 0.2) is 17.1 Å². The Kier molecular flexibility index (Phi) is 23.6. The Balaban J connectivity index is 0.000000139. The molecule has 0 spiro atoms. The van der Waals surface area contributed by atoms with E-state index in [9.17, 15) is 95.5 Å². The maximum Gasteiger partial charge on any atom is 0.436 e. The number of para-hydroxylation sites is 2. The first-order valence-corrected chi connectivity index (χ1v) is 42.2. The van der Waals surface area contributed by atoms with E-state index in [2.05, 4.69) is 47.9 Å². The molecule has 0 amide bonds. The van der Waals surface area contributed by atoms with Crippen LogP contribution in [0.1, 0.15) is 81.1 Å². The van der Waals surface area contributed by atoms with Gasteiger partial charge in [0.1, 0.15) is 20.5 Å². The topological polar surface area (TPSA) is 262 Å². The predicted octanol–water partition coefficient (Wildman–Crippen LogP) is 14.2. The number of esters is 1. The molecule has 12 aromatic rings. The molecule has 120 heavy (non-hydrogen) atoms. The number of hydrogen-bond donors (Lipinski definition) is 0. The third kappa shape index (κ3) is 17.3. The zero-order chi connectivity index (χ0) is 87.1. The molecule has 0 unspecified atom stereocenters. The fourth-order valence-corrected chi connectivity index (χ4v) is 20.3. The maximum atomic E-state index is 13.9. The number of methoxy groups -OCH3 is 1. The molecule has 25 nitrogen and oxygen atoms in total. The van der Waals surface area contributed by atoms with E-state index in [0.717, 1.165) is 151 Å². The van der Waals surface area contributed by atoms with Crippen LogP contribution in [0, 0.1) is 5.82 Å². The van der Waals surface area contributed by atoms with Crippen LogP contribution in [-0.2, 0) is 90.7 Å². The number of benzene rings is 4. The van der Waals surface area contributed by atoms with Crippen molar-refractivity contribution < 1.29 is 105 Å². The lowest BCUT2D eigenvalue weighted by Crippen LogP contribution is -2.23. The normalized spacial score (nSPS) is 16.2. The molecule has 4 aliphatic heterocycles. The van der Waals surface area contributed by atoms with Gasteiger partial charge >= 0.3 is 40.7 Å². The number of fused-ring (bicyclic) bond motifs is 4. The van der Waals surface area contributed by atoms with Crippen LogP contribution in [0.3, 0.4) is 0 Å². The van der Waals surface area contributed by atoms with Crippen LogP contribution in [0.4, 0.5) is 57.1 Å². The largest absolute Gasteiger partial charge is 0.463 e. The summed E-state index contributed by atoms with van der Waals surface area (Å²) in [5.74, 6) is -1.45. The van der Waals surface area contributed by atoms with Crippen LogP contribution in [-0.4, -0.2) is 192 Å². The van der Waals surface area contributed by atoms with E-state index < -0.39 is 114 Å². The van der Waals surface area contributed by atoms with E-state index in [-0.39, 0.29) is 32.8 Å². The molecular weight excluding hydrogens is 1680 g/mol.